The average molecular weight is 292 g/mol. The van der Waals surface area contributed by atoms with Gasteiger partial charge in [0, 0.05) is 22.4 Å². The maximum absolute atomic E-state index is 4.74. The number of nitrogens with zero attached hydrogens (tertiary/aromatic N) is 2. The maximum atomic E-state index is 4.74. The lowest BCUT2D eigenvalue weighted by Gasteiger charge is -2.22. The van der Waals surface area contributed by atoms with Crippen LogP contribution in [0.25, 0.3) is 5.70 Å². The molecule has 0 spiro atoms. The Kier molecular flexibility index (Phi) is 3.08. The van der Waals surface area contributed by atoms with Crippen molar-refractivity contribution in [1.82, 2.24) is 4.90 Å². The number of benzene rings is 2. The zero-order valence-electron chi connectivity index (χ0n) is 11.9. The smallest absolute Gasteiger partial charge is 0.136 e. The van der Waals surface area contributed by atoms with E-state index in [0.717, 1.165) is 18.9 Å². The van der Waals surface area contributed by atoms with Crippen LogP contribution in [0.3, 0.4) is 0 Å². The summed E-state index contributed by atoms with van der Waals surface area (Å²) in [5, 5.41) is 2.26. The molecule has 3 heteroatoms. The number of aryl methyl sites for hydroxylation is 1. The number of rotatable bonds is 1. The van der Waals surface area contributed by atoms with E-state index in [-0.39, 0.29) is 0 Å². The molecule has 0 aromatic heterocycles. The van der Waals surface area contributed by atoms with Crippen molar-refractivity contribution in [3.05, 3.63) is 70.6 Å². The standard InChI is InChI=1S/C18H16N2S/c1-13-6-8-14(9-7-13)16-12-21-17-5-3-2-4-15(17)18-19-10-11-20(16)18/h2-9,12H,10-11H2,1H3. The van der Waals surface area contributed by atoms with Gasteiger partial charge in [-0.2, -0.15) is 0 Å². The van der Waals surface area contributed by atoms with Gasteiger partial charge in [0.05, 0.1) is 12.2 Å². The second-order valence-corrected chi connectivity index (χ2v) is 6.25. The van der Waals surface area contributed by atoms with Gasteiger partial charge in [-0.3, -0.25) is 4.99 Å². The lowest BCUT2D eigenvalue weighted by Crippen LogP contribution is -2.26. The molecule has 0 fully saturated rings. The van der Waals surface area contributed by atoms with Crippen LogP contribution in [0.4, 0.5) is 0 Å². The van der Waals surface area contributed by atoms with E-state index < -0.39 is 0 Å². The fraction of sp³-hybridized carbons (Fsp3) is 0.167. The molecule has 104 valence electrons. The van der Waals surface area contributed by atoms with E-state index in [9.17, 15) is 0 Å². The van der Waals surface area contributed by atoms with E-state index >= 15 is 0 Å². The van der Waals surface area contributed by atoms with E-state index in [4.69, 9.17) is 4.99 Å². The second-order valence-electron chi connectivity index (χ2n) is 5.34. The third-order valence-electron chi connectivity index (χ3n) is 3.90. The maximum Gasteiger partial charge on any atom is 0.136 e. The number of hydrogen-bond donors (Lipinski definition) is 0. The molecular weight excluding hydrogens is 276 g/mol. The van der Waals surface area contributed by atoms with Gasteiger partial charge in [-0.05, 0) is 18.6 Å². The lowest BCUT2D eigenvalue weighted by atomic mass is 10.1. The van der Waals surface area contributed by atoms with Crippen LogP contribution in [0.5, 0.6) is 0 Å². The molecule has 2 aromatic carbocycles. The molecule has 0 saturated carbocycles. The predicted molar refractivity (Wildman–Crippen MR) is 89.6 cm³/mol. The minimum atomic E-state index is 0.873. The van der Waals surface area contributed by atoms with Gasteiger partial charge in [0.1, 0.15) is 5.84 Å². The first-order chi connectivity index (χ1) is 10.3. The van der Waals surface area contributed by atoms with Gasteiger partial charge in [0.25, 0.3) is 0 Å². The molecule has 2 heterocycles. The molecule has 21 heavy (non-hydrogen) atoms. The Balaban J connectivity index is 1.83. The Morgan fingerprint density at radius 2 is 1.86 bits per heavy atom. The second kappa shape index (κ2) is 5.08. The van der Waals surface area contributed by atoms with Crippen molar-refractivity contribution in [1.29, 1.82) is 0 Å². The summed E-state index contributed by atoms with van der Waals surface area (Å²) < 4.78 is 0. The summed E-state index contributed by atoms with van der Waals surface area (Å²) >= 11 is 1.79. The topological polar surface area (TPSA) is 15.6 Å². The Morgan fingerprint density at radius 1 is 1.05 bits per heavy atom. The molecule has 0 atom stereocenters. The Morgan fingerprint density at radius 3 is 2.71 bits per heavy atom. The molecule has 0 saturated heterocycles. The molecule has 2 aliphatic heterocycles. The van der Waals surface area contributed by atoms with Crippen LogP contribution < -0.4 is 0 Å². The number of fused-ring (bicyclic) bond motifs is 3. The first kappa shape index (κ1) is 12.7. The normalized spacial score (nSPS) is 16.7. The van der Waals surface area contributed by atoms with E-state index in [1.807, 2.05) is 0 Å². The van der Waals surface area contributed by atoms with Crippen molar-refractivity contribution in [3.63, 3.8) is 0 Å². The first-order valence-electron chi connectivity index (χ1n) is 7.18. The van der Waals surface area contributed by atoms with E-state index in [1.54, 1.807) is 11.8 Å². The fourth-order valence-corrected chi connectivity index (χ4v) is 3.74. The van der Waals surface area contributed by atoms with Gasteiger partial charge >= 0.3 is 0 Å². The van der Waals surface area contributed by atoms with Crippen molar-refractivity contribution in [2.75, 3.05) is 13.1 Å². The largest absolute Gasteiger partial charge is 0.323 e. The van der Waals surface area contributed by atoms with Crippen molar-refractivity contribution in [3.8, 4) is 0 Å². The summed E-state index contributed by atoms with van der Waals surface area (Å²) in [6.45, 7) is 3.96. The fourth-order valence-electron chi connectivity index (χ4n) is 2.80. The molecule has 0 bridgehead atoms. The van der Waals surface area contributed by atoms with Gasteiger partial charge in [-0.1, -0.05) is 59.8 Å². The number of hydrogen-bond acceptors (Lipinski definition) is 3. The van der Waals surface area contributed by atoms with Crippen LogP contribution in [0.15, 0.2) is 63.8 Å². The van der Waals surface area contributed by atoms with Gasteiger partial charge < -0.3 is 4.90 Å². The summed E-state index contributed by atoms with van der Waals surface area (Å²) in [6.07, 6.45) is 0. The molecule has 0 N–H and O–H groups in total. The lowest BCUT2D eigenvalue weighted by molar-refractivity contribution is 0.638. The van der Waals surface area contributed by atoms with Crippen LogP contribution in [0, 0.1) is 6.92 Å². The molecule has 2 aromatic rings. The zero-order chi connectivity index (χ0) is 14.2. The molecular formula is C18H16N2S. The average Bonchev–Trinajstić information content (AvgIpc) is 2.93. The SMILES string of the molecule is Cc1ccc(C2=CSc3ccccc3C3=NCCN23)cc1. The molecule has 0 unspecified atom stereocenters. The summed E-state index contributed by atoms with van der Waals surface area (Å²) in [5.74, 6) is 1.11. The number of aliphatic imine (C=N–C) groups is 1. The molecule has 0 radical (unpaired) electrons. The summed E-state index contributed by atoms with van der Waals surface area (Å²) in [5.41, 5.74) is 5.06. The Labute approximate surface area is 129 Å². The number of thioether (sulfide) groups is 1. The monoisotopic (exact) mass is 292 g/mol. The Bertz CT molecular complexity index is 744. The quantitative estimate of drug-likeness (QED) is 0.784. The first-order valence-corrected chi connectivity index (χ1v) is 8.06. The third-order valence-corrected chi connectivity index (χ3v) is 4.86. The third kappa shape index (κ3) is 2.18. The highest BCUT2D eigenvalue weighted by atomic mass is 32.2. The van der Waals surface area contributed by atoms with Gasteiger partial charge in [-0.15, -0.1) is 0 Å². The minimum absolute atomic E-state index is 0.873. The van der Waals surface area contributed by atoms with Crippen molar-refractivity contribution < 1.29 is 0 Å². The molecule has 2 aliphatic rings. The van der Waals surface area contributed by atoms with Crippen molar-refractivity contribution in [2.45, 2.75) is 11.8 Å². The summed E-state index contributed by atoms with van der Waals surface area (Å²) in [7, 11) is 0. The van der Waals surface area contributed by atoms with Crippen molar-refractivity contribution in [2.24, 2.45) is 4.99 Å². The molecule has 4 rings (SSSR count). The highest BCUT2D eigenvalue weighted by molar-refractivity contribution is 8.02. The van der Waals surface area contributed by atoms with Crippen LogP contribution in [-0.2, 0) is 0 Å². The molecule has 0 amide bonds. The highest BCUT2D eigenvalue weighted by Crippen LogP contribution is 2.36. The predicted octanol–water partition coefficient (Wildman–Crippen LogP) is 4.16. The molecule has 0 aliphatic carbocycles. The number of amidine groups is 1. The van der Waals surface area contributed by atoms with Crippen LogP contribution in [0.1, 0.15) is 16.7 Å². The van der Waals surface area contributed by atoms with Gasteiger partial charge in [0.2, 0.25) is 0 Å². The van der Waals surface area contributed by atoms with Gasteiger partial charge in [0.15, 0.2) is 0 Å². The van der Waals surface area contributed by atoms with Crippen molar-refractivity contribution >= 4 is 23.3 Å². The zero-order valence-corrected chi connectivity index (χ0v) is 12.7. The highest BCUT2D eigenvalue weighted by Gasteiger charge is 2.27. The Hall–Kier alpha value is -2.00. The summed E-state index contributed by atoms with van der Waals surface area (Å²) in [4.78, 5) is 8.37. The van der Waals surface area contributed by atoms with Crippen LogP contribution in [-0.4, -0.2) is 23.8 Å². The van der Waals surface area contributed by atoms with E-state index in [2.05, 4.69) is 65.8 Å². The summed E-state index contributed by atoms with van der Waals surface area (Å²) in [6, 6.07) is 17.3. The van der Waals surface area contributed by atoms with Gasteiger partial charge in [-0.25, -0.2) is 0 Å². The van der Waals surface area contributed by atoms with Crippen LogP contribution >= 0.6 is 11.8 Å². The van der Waals surface area contributed by atoms with E-state index in [1.165, 1.54) is 27.3 Å². The van der Waals surface area contributed by atoms with E-state index in [0.29, 0.717) is 0 Å². The minimum Gasteiger partial charge on any atom is -0.323 e. The molecule has 2 nitrogen and oxygen atoms in total. The van der Waals surface area contributed by atoms with Crippen LogP contribution in [0.2, 0.25) is 0 Å².